The van der Waals surface area contributed by atoms with Gasteiger partial charge in [0.05, 0.1) is 24.8 Å². The topological polar surface area (TPSA) is 98.2 Å². The van der Waals surface area contributed by atoms with Crippen LogP contribution < -0.4 is 14.2 Å². The van der Waals surface area contributed by atoms with Crippen molar-refractivity contribution in [2.75, 3.05) is 13.2 Å². The smallest absolute Gasteiger partial charge is 0.295 e. The Labute approximate surface area is 240 Å². The highest BCUT2D eigenvalue weighted by atomic mass is 16.5. The number of aromatic nitrogens is 1. The molecule has 0 spiro atoms. The van der Waals surface area contributed by atoms with E-state index >= 15 is 0 Å². The van der Waals surface area contributed by atoms with Crippen LogP contribution in [0, 0.1) is 5.92 Å². The zero-order valence-electron chi connectivity index (χ0n) is 23.9. The molecule has 214 valence electrons. The lowest BCUT2D eigenvalue weighted by Crippen LogP contribution is -2.29. The summed E-state index contributed by atoms with van der Waals surface area (Å²) >= 11 is 0. The number of ether oxygens (including phenoxy) is 3. The molecule has 0 bridgehead atoms. The summed E-state index contributed by atoms with van der Waals surface area (Å²) in [7, 11) is 0. The van der Waals surface area contributed by atoms with E-state index in [1.807, 2.05) is 32.0 Å². The molecule has 2 atom stereocenters. The molecule has 0 saturated carbocycles. The lowest BCUT2D eigenvalue weighted by molar-refractivity contribution is -0.140. The zero-order chi connectivity index (χ0) is 29.1. The van der Waals surface area contributed by atoms with E-state index in [9.17, 15) is 14.7 Å². The van der Waals surface area contributed by atoms with Crippen LogP contribution in [0.2, 0.25) is 0 Å². The number of hydrogen-bond donors (Lipinski definition) is 1. The highest BCUT2D eigenvalue weighted by molar-refractivity contribution is 6.46. The first-order chi connectivity index (χ1) is 19.8. The van der Waals surface area contributed by atoms with Gasteiger partial charge in [0.1, 0.15) is 17.6 Å². The van der Waals surface area contributed by atoms with Crippen molar-refractivity contribution in [3.05, 3.63) is 88.8 Å². The number of fused-ring (bicyclic) bond motifs is 1. The number of carbonyl (C=O) groups excluding carboxylic acids is 2. The first-order valence-electron chi connectivity index (χ1n) is 14.1. The van der Waals surface area contributed by atoms with Gasteiger partial charge in [-0.05, 0) is 79.3 Å². The van der Waals surface area contributed by atoms with Gasteiger partial charge >= 0.3 is 0 Å². The van der Waals surface area contributed by atoms with Crippen molar-refractivity contribution < 1.29 is 28.9 Å². The summed E-state index contributed by atoms with van der Waals surface area (Å²) in [4.78, 5) is 32.7. The Hall–Kier alpha value is -4.33. The second-order valence-electron chi connectivity index (χ2n) is 10.9. The van der Waals surface area contributed by atoms with Gasteiger partial charge in [-0.2, -0.15) is 0 Å². The summed E-state index contributed by atoms with van der Waals surface area (Å²) in [6.07, 6.45) is 4.94. The van der Waals surface area contributed by atoms with Crippen molar-refractivity contribution in [1.82, 2.24) is 9.88 Å². The number of Topliss-reactive ketones (excluding diaryl/α,β-unsaturated/α-hetero) is 1. The van der Waals surface area contributed by atoms with E-state index in [1.54, 1.807) is 42.7 Å². The fourth-order valence-corrected chi connectivity index (χ4v) is 5.29. The molecule has 8 nitrogen and oxygen atoms in total. The summed E-state index contributed by atoms with van der Waals surface area (Å²) in [5.74, 6) is 0.714. The molecule has 1 N–H and O–H groups in total. The zero-order valence-corrected chi connectivity index (χ0v) is 23.9. The first-order valence-corrected chi connectivity index (χ1v) is 14.1. The Balaban J connectivity index is 1.60. The van der Waals surface area contributed by atoms with E-state index in [0.717, 1.165) is 23.3 Å². The quantitative estimate of drug-likeness (QED) is 0.190. The highest BCUT2D eigenvalue weighted by Gasteiger charge is 2.46. The normalized spacial score (nSPS) is 19.4. The van der Waals surface area contributed by atoms with E-state index in [1.165, 1.54) is 4.90 Å². The molecule has 2 aromatic carbocycles. The van der Waals surface area contributed by atoms with Gasteiger partial charge in [0, 0.05) is 30.9 Å². The van der Waals surface area contributed by atoms with E-state index < -0.39 is 17.7 Å². The molecule has 2 aliphatic heterocycles. The second-order valence-corrected chi connectivity index (χ2v) is 10.9. The van der Waals surface area contributed by atoms with Crippen molar-refractivity contribution in [3.63, 3.8) is 0 Å². The van der Waals surface area contributed by atoms with Gasteiger partial charge in [-0.25, -0.2) is 0 Å². The van der Waals surface area contributed by atoms with Crippen LogP contribution in [0.4, 0.5) is 0 Å². The maximum Gasteiger partial charge on any atom is 0.295 e. The van der Waals surface area contributed by atoms with Crippen molar-refractivity contribution in [3.8, 4) is 17.2 Å². The minimum Gasteiger partial charge on any atom is -0.507 e. The molecule has 2 aliphatic rings. The fourth-order valence-electron chi connectivity index (χ4n) is 5.29. The summed E-state index contributed by atoms with van der Waals surface area (Å²) in [6.45, 7) is 9.23. The van der Waals surface area contributed by atoms with Gasteiger partial charge in [0.15, 0.2) is 11.5 Å². The summed E-state index contributed by atoms with van der Waals surface area (Å²) in [6, 6.07) is 13.6. The van der Waals surface area contributed by atoms with Crippen LogP contribution in [-0.2, 0) is 22.6 Å². The molecule has 1 saturated heterocycles. The Morgan fingerprint density at radius 1 is 1.12 bits per heavy atom. The molecule has 1 aromatic heterocycles. The number of likely N-dealkylation sites (tertiary alicyclic amines) is 1. The lowest BCUT2D eigenvalue weighted by Gasteiger charge is -2.26. The van der Waals surface area contributed by atoms with E-state index in [0.29, 0.717) is 48.2 Å². The largest absolute Gasteiger partial charge is 0.507 e. The number of rotatable bonds is 10. The van der Waals surface area contributed by atoms with Gasteiger partial charge in [-0.3, -0.25) is 14.6 Å². The number of amides is 1. The highest BCUT2D eigenvalue weighted by Crippen LogP contribution is 2.43. The molecule has 3 heterocycles. The third-order valence-corrected chi connectivity index (χ3v) is 7.32. The third kappa shape index (κ3) is 5.92. The SMILES string of the molecule is CCOc1cc(C2C(=C(O)c3ccc4c(c3)CC(C)O4)C(=O)C(=O)N2Cc2cccnc2)ccc1OCCC(C)C. The van der Waals surface area contributed by atoms with Crippen LogP contribution in [0.3, 0.4) is 0 Å². The molecule has 2 unspecified atom stereocenters. The van der Waals surface area contributed by atoms with Gasteiger partial charge in [-0.1, -0.05) is 26.0 Å². The average Bonchev–Trinajstić information content (AvgIpc) is 3.45. The molecular weight excluding hydrogens is 520 g/mol. The molecule has 41 heavy (non-hydrogen) atoms. The summed E-state index contributed by atoms with van der Waals surface area (Å²) < 4.78 is 17.8. The minimum absolute atomic E-state index is 0.0294. The predicted molar refractivity (Wildman–Crippen MR) is 155 cm³/mol. The van der Waals surface area contributed by atoms with Crippen LogP contribution in [0.15, 0.2) is 66.5 Å². The van der Waals surface area contributed by atoms with E-state index in [2.05, 4.69) is 18.8 Å². The Kier molecular flexibility index (Phi) is 8.28. The number of carbonyl (C=O) groups is 2. The van der Waals surface area contributed by atoms with Crippen LogP contribution in [-0.4, -0.2) is 46.0 Å². The number of aliphatic hydroxyl groups is 1. The van der Waals surface area contributed by atoms with Crippen molar-refractivity contribution in [1.29, 1.82) is 0 Å². The third-order valence-electron chi connectivity index (χ3n) is 7.32. The van der Waals surface area contributed by atoms with Gasteiger partial charge in [0.25, 0.3) is 11.7 Å². The number of pyridine rings is 1. The van der Waals surface area contributed by atoms with Crippen LogP contribution in [0.25, 0.3) is 5.76 Å². The number of nitrogens with zero attached hydrogens (tertiary/aromatic N) is 2. The second kappa shape index (κ2) is 12.0. The Morgan fingerprint density at radius 2 is 1.95 bits per heavy atom. The molecule has 5 rings (SSSR count). The monoisotopic (exact) mass is 556 g/mol. The minimum atomic E-state index is -0.845. The van der Waals surface area contributed by atoms with Crippen LogP contribution >= 0.6 is 0 Å². The van der Waals surface area contributed by atoms with Gasteiger partial charge in [0.2, 0.25) is 0 Å². The Morgan fingerprint density at radius 3 is 2.68 bits per heavy atom. The van der Waals surface area contributed by atoms with Gasteiger partial charge in [-0.15, -0.1) is 0 Å². The summed E-state index contributed by atoms with van der Waals surface area (Å²) in [5, 5.41) is 11.6. The molecular formula is C33H36N2O6. The molecule has 1 fully saturated rings. The molecule has 0 radical (unpaired) electrons. The molecule has 8 heteroatoms. The average molecular weight is 557 g/mol. The first kappa shape index (κ1) is 28.2. The van der Waals surface area contributed by atoms with Gasteiger partial charge < -0.3 is 24.2 Å². The number of hydrogen-bond acceptors (Lipinski definition) is 7. The van der Waals surface area contributed by atoms with Crippen molar-refractivity contribution in [2.24, 2.45) is 5.92 Å². The van der Waals surface area contributed by atoms with Crippen molar-refractivity contribution >= 4 is 17.4 Å². The number of benzene rings is 2. The van der Waals surface area contributed by atoms with Crippen LogP contribution in [0.1, 0.15) is 62.4 Å². The van der Waals surface area contributed by atoms with Crippen molar-refractivity contribution in [2.45, 2.75) is 59.2 Å². The maximum atomic E-state index is 13.6. The predicted octanol–water partition coefficient (Wildman–Crippen LogP) is 5.85. The fraction of sp³-hybridized carbons (Fsp3) is 0.364. The maximum absolute atomic E-state index is 13.6. The number of aliphatic hydroxyl groups excluding tert-OH is 1. The molecule has 3 aromatic rings. The standard InChI is InChI=1S/C33H36N2O6/c1-5-39-28-17-23(8-11-27(28)40-14-12-20(2)3)30-29(31(36)24-9-10-26-25(16-24)15-21(4)41-26)32(37)33(38)35(30)19-22-7-6-13-34-18-22/h6-11,13,16-18,20-21,30,36H,5,12,14-15,19H2,1-4H3. The lowest BCUT2D eigenvalue weighted by atomic mass is 9.94. The van der Waals surface area contributed by atoms with E-state index in [4.69, 9.17) is 14.2 Å². The van der Waals surface area contributed by atoms with E-state index in [-0.39, 0.29) is 24.0 Å². The molecule has 1 amide bonds. The summed E-state index contributed by atoms with van der Waals surface area (Å²) in [5.41, 5.74) is 2.84. The molecule has 0 aliphatic carbocycles. The Bertz CT molecular complexity index is 1470. The van der Waals surface area contributed by atoms with Crippen LogP contribution in [0.5, 0.6) is 17.2 Å². The number of ketones is 1.